The van der Waals surface area contributed by atoms with E-state index in [1.807, 2.05) is 12.3 Å². The van der Waals surface area contributed by atoms with Gasteiger partial charge in [0.15, 0.2) is 0 Å². The van der Waals surface area contributed by atoms with Gasteiger partial charge in [-0.25, -0.2) is 0 Å². The molecule has 1 aliphatic rings. The van der Waals surface area contributed by atoms with Gasteiger partial charge in [-0.15, -0.1) is 0 Å². The van der Waals surface area contributed by atoms with Crippen LogP contribution in [0.2, 0.25) is 0 Å². The Morgan fingerprint density at radius 3 is 2.88 bits per heavy atom. The Morgan fingerprint density at radius 2 is 2.24 bits per heavy atom. The highest BCUT2D eigenvalue weighted by atomic mass is 32.2. The van der Waals surface area contributed by atoms with E-state index >= 15 is 0 Å². The molecule has 17 heavy (non-hydrogen) atoms. The van der Waals surface area contributed by atoms with E-state index in [1.165, 1.54) is 36.5 Å². The molecule has 1 saturated heterocycles. The predicted octanol–water partition coefficient (Wildman–Crippen LogP) is 2.75. The van der Waals surface area contributed by atoms with Gasteiger partial charge >= 0.3 is 0 Å². The molecule has 94 valence electrons. The van der Waals surface area contributed by atoms with Crippen LogP contribution in [0.1, 0.15) is 25.0 Å². The third kappa shape index (κ3) is 4.32. The molecule has 2 heterocycles. The maximum atomic E-state index is 4.42. The highest BCUT2D eigenvalue weighted by Gasteiger charge is 2.18. The largest absolute Gasteiger partial charge is 0.317 e. The van der Waals surface area contributed by atoms with E-state index < -0.39 is 0 Å². The number of hydrogen-bond acceptors (Lipinski definition) is 3. The molecule has 0 amide bonds. The monoisotopic (exact) mass is 250 g/mol. The van der Waals surface area contributed by atoms with Gasteiger partial charge in [0.05, 0.1) is 0 Å². The first-order valence-corrected chi connectivity index (χ1v) is 7.69. The van der Waals surface area contributed by atoms with Crippen LogP contribution in [-0.2, 0) is 6.42 Å². The van der Waals surface area contributed by atoms with Crippen molar-refractivity contribution in [2.24, 2.45) is 5.92 Å². The summed E-state index contributed by atoms with van der Waals surface area (Å²) in [7, 11) is 2.07. The Hall–Kier alpha value is -0.540. The first-order valence-electron chi connectivity index (χ1n) is 6.53. The Morgan fingerprint density at radius 1 is 1.41 bits per heavy atom. The standard InChI is InChI=1S/C14H22N2S/c1-15-14(10-12-5-8-17-9-6-12)11-13-4-2-3-7-16-13/h2-4,7,12,14-15H,5-6,8-11H2,1H3. The average molecular weight is 250 g/mol. The van der Waals surface area contributed by atoms with Gasteiger partial charge in [0, 0.05) is 24.4 Å². The molecule has 1 aromatic rings. The predicted molar refractivity (Wildman–Crippen MR) is 75.5 cm³/mol. The van der Waals surface area contributed by atoms with Crippen molar-refractivity contribution in [1.82, 2.24) is 10.3 Å². The summed E-state index contributed by atoms with van der Waals surface area (Å²) in [6.45, 7) is 0. The number of pyridine rings is 1. The van der Waals surface area contributed by atoms with Gasteiger partial charge in [0.25, 0.3) is 0 Å². The summed E-state index contributed by atoms with van der Waals surface area (Å²) in [4.78, 5) is 4.42. The number of hydrogen-bond donors (Lipinski definition) is 1. The lowest BCUT2D eigenvalue weighted by molar-refractivity contribution is 0.374. The first-order chi connectivity index (χ1) is 8.38. The fourth-order valence-corrected chi connectivity index (χ4v) is 3.66. The van der Waals surface area contributed by atoms with Gasteiger partial charge in [-0.3, -0.25) is 4.98 Å². The number of nitrogens with zero attached hydrogens (tertiary/aromatic N) is 1. The SMILES string of the molecule is CNC(Cc1ccccn1)CC1CCSCC1. The normalized spacial score (nSPS) is 19.1. The van der Waals surface area contributed by atoms with Crippen LogP contribution >= 0.6 is 11.8 Å². The second-order valence-corrected chi connectivity index (χ2v) is 6.03. The van der Waals surface area contributed by atoms with E-state index in [9.17, 15) is 0 Å². The lowest BCUT2D eigenvalue weighted by Gasteiger charge is -2.26. The molecular formula is C14H22N2S. The van der Waals surface area contributed by atoms with Crippen molar-refractivity contribution in [1.29, 1.82) is 0 Å². The van der Waals surface area contributed by atoms with Gasteiger partial charge in [-0.2, -0.15) is 11.8 Å². The fraction of sp³-hybridized carbons (Fsp3) is 0.643. The molecule has 1 fully saturated rings. The topological polar surface area (TPSA) is 24.9 Å². The second-order valence-electron chi connectivity index (χ2n) is 4.80. The molecule has 0 aliphatic carbocycles. The van der Waals surface area contributed by atoms with E-state index in [0.29, 0.717) is 6.04 Å². The summed E-state index contributed by atoms with van der Waals surface area (Å²) >= 11 is 2.10. The maximum Gasteiger partial charge on any atom is 0.0419 e. The molecule has 1 atom stereocenters. The summed E-state index contributed by atoms with van der Waals surface area (Å²) in [5, 5.41) is 3.45. The molecule has 2 nitrogen and oxygen atoms in total. The van der Waals surface area contributed by atoms with Crippen LogP contribution in [0.25, 0.3) is 0 Å². The number of rotatable bonds is 5. The van der Waals surface area contributed by atoms with E-state index in [1.54, 1.807) is 0 Å². The Bertz CT molecular complexity index is 309. The van der Waals surface area contributed by atoms with Gasteiger partial charge in [0.1, 0.15) is 0 Å². The van der Waals surface area contributed by atoms with Gasteiger partial charge in [0.2, 0.25) is 0 Å². The van der Waals surface area contributed by atoms with Crippen LogP contribution < -0.4 is 5.32 Å². The lowest BCUT2D eigenvalue weighted by atomic mass is 9.92. The molecule has 1 unspecified atom stereocenters. The van der Waals surface area contributed by atoms with Crippen LogP contribution in [0.4, 0.5) is 0 Å². The van der Waals surface area contributed by atoms with E-state index in [-0.39, 0.29) is 0 Å². The van der Waals surface area contributed by atoms with Crippen LogP contribution in [0.15, 0.2) is 24.4 Å². The Balaban J connectivity index is 1.83. The summed E-state index contributed by atoms with van der Waals surface area (Å²) in [6.07, 6.45) is 7.03. The average Bonchev–Trinajstić information content (AvgIpc) is 2.40. The Kier molecular flexibility index (Phi) is 5.33. The summed E-state index contributed by atoms with van der Waals surface area (Å²) in [6, 6.07) is 6.77. The molecular weight excluding hydrogens is 228 g/mol. The smallest absolute Gasteiger partial charge is 0.0419 e. The van der Waals surface area contributed by atoms with Crippen molar-refractivity contribution in [3.8, 4) is 0 Å². The maximum absolute atomic E-state index is 4.42. The van der Waals surface area contributed by atoms with Crippen LogP contribution in [0.3, 0.4) is 0 Å². The summed E-state index contributed by atoms with van der Waals surface area (Å²) in [5.74, 6) is 3.62. The van der Waals surface area contributed by atoms with Crippen LogP contribution in [0, 0.1) is 5.92 Å². The molecule has 1 aromatic heterocycles. The van der Waals surface area contributed by atoms with Gasteiger partial charge in [-0.1, -0.05) is 6.07 Å². The molecule has 0 saturated carbocycles. The van der Waals surface area contributed by atoms with E-state index in [4.69, 9.17) is 0 Å². The zero-order chi connectivity index (χ0) is 11.9. The fourth-order valence-electron chi connectivity index (χ4n) is 2.46. The zero-order valence-corrected chi connectivity index (χ0v) is 11.4. The van der Waals surface area contributed by atoms with Crippen LogP contribution in [0.5, 0.6) is 0 Å². The molecule has 0 spiro atoms. The van der Waals surface area contributed by atoms with E-state index in [2.05, 4.69) is 41.2 Å². The highest BCUT2D eigenvalue weighted by molar-refractivity contribution is 7.99. The molecule has 1 aliphatic heterocycles. The van der Waals surface area contributed by atoms with E-state index in [0.717, 1.165) is 12.3 Å². The van der Waals surface area contributed by atoms with Crippen molar-refractivity contribution in [2.75, 3.05) is 18.6 Å². The molecule has 1 N–H and O–H groups in total. The molecule has 2 rings (SSSR count). The number of nitrogens with one attached hydrogen (secondary N) is 1. The Labute approximate surface area is 109 Å². The van der Waals surface area contributed by atoms with Crippen molar-refractivity contribution in [3.05, 3.63) is 30.1 Å². The van der Waals surface area contributed by atoms with Gasteiger partial charge in [-0.05, 0) is 55.9 Å². The number of aromatic nitrogens is 1. The molecule has 0 aromatic carbocycles. The third-order valence-corrected chi connectivity index (χ3v) is 4.60. The van der Waals surface area contributed by atoms with Crippen LogP contribution in [-0.4, -0.2) is 29.6 Å². The summed E-state index contributed by atoms with van der Waals surface area (Å²) in [5.41, 5.74) is 1.21. The summed E-state index contributed by atoms with van der Waals surface area (Å²) < 4.78 is 0. The highest BCUT2D eigenvalue weighted by Crippen LogP contribution is 2.26. The minimum absolute atomic E-state index is 0.581. The molecule has 0 bridgehead atoms. The van der Waals surface area contributed by atoms with Crippen molar-refractivity contribution < 1.29 is 0 Å². The number of likely N-dealkylation sites (N-methyl/N-ethyl adjacent to an activating group) is 1. The molecule has 0 radical (unpaired) electrons. The quantitative estimate of drug-likeness (QED) is 0.870. The minimum Gasteiger partial charge on any atom is -0.317 e. The lowest BCUT2D eigenvalue weighted by Crippen LogP contribution is -2.31. The first kappa shape index (κ1) is 12.9. The van der Waals surface area contributed by atoms with Crippen molar-refractivity contribution in [3.63, 3.8) is 0 Å². The van der Waals surface area contributed by atoms with Crippen molar-refractivity contribution >= 4 is 11.8 Å². The second kappa shape index (κ2) is 7.02. The zero-order valence-electron chi connectivity index (χ0n) is 10.6. The number of thioether (sulfide) groups is 1. The third-order valence-electron chi connectivity index (χ3n) is 3.55. The molecule has 3 heteroatoms. The minimum atomic E-state index is 0.581. The van der Waals surface area contributed by atoms with Gasteiger partial charge < -0.3 is 5.32 Å². The van der Waals surface area contributed by atoms with Crippen molar-refractivity contribution in [2.45, 2.75) is 31.7 Å².